The maximum absolute atomic E-state index is 10.5. The molecule has 0 saturated carbocycles. The number of aliphatic hydroxyl groups excluding tert-OH is 6. The predicted octanol–water partition coefficient (Wildman–Crippen LogP) is -0.368. The first-order chi connectivity index (χ1) is 18.3. The fourth-order valence-corrected chi connectivity index (χ4v) is 4.18. The molecular formula is C26H36O12. The molecule has 1 aliphatic rings. The summed E-state index contributed by atoms with van der Waals surface area (Å²) in [4.78, 5) is 0. The van der Waals surface area contributed by atoms with E-state index in [4.69, 9.17) is 28.8 Å². The van der Waals surface area contributed by atoms with E-state index in [2.05, 4.69) is 0 Å². The third-order valence-corrected chi connectivity index (χ3v) is 6.31. The molecule has 0 aliphatic carbocycles. The Kier molecular flexibility index (Phi) is 10.9. The van der Waals surface area contributed by atoms with Crippen LogP contribution < -0.4 is 14.2 Å². The summed E-state index contributed by atoms with van der Waals surface area (Å²) in [7, 11) is 2.81. The van der Waals surface area contributed by atoms with Crippen LogP contribution >= 0.6 is 0 Å². The number of aliphatic hydroxyl groups is 6. The lowest BCUT2D eigenvalue weighted by Gasteiger charge is -2.41. The number of phenolic OH excluding ortho intramolecular Hbond substituents is 1. The van der Waals surface area contributed by atoms with Crippen LogP contribution in [-0.2, 0) is 15.9 Å². The van der Waals surface area contributed by atoms with Crippen LogP contribution in [0.2, 0.25) is 0 Å². The van der Waals surface area contributed by atoms with Crippen LogP contribution in [-0.4, -0.2) is 107 Å². The molecule has 2 aromatic rings. The molecule has 212 valence electrons. The van der Waals surface area contributed by atoms with Crippen LogP contribution in [0.15, 0.2) is 36.4 Å². The van der Waals surface area contributed by atoms with Gasteiger partial charge in [0, 0.05) is 6.61 Å². The Bertz CT molecular complexity index is 1020. The van der Waals surface area contributed by atoms with Gasteiger partial charge in [0.2, 0.25) is 0 Å². The van der Waals surface area contributed by atoms with Gasteiger partial charge < -0.3 is 59.4 Å². The van der Waals surface area contributed by atoms with Gasteiger partial charge in [-0.2, -0.15) is 0 Å². The van der Waals surface area contributed by atoms with Gasteiger partial charge in [0.1, 0.15) is 30.5 Å². The van der Waals surface area contributed by atoms with Crippen LogP contribution in [0.1, 0.15) is 23.7 Å². The van der Waals surface area contributed by atoms with Gasteiger partial charge in [-0.15, -0.1) is 0 Å². The van der Waals surface area contributed by atoms with Gasteiger partial charge in [-0.1, -0.05) is 12.1 Å². The summed E-state index contributed by atoms with van der Waals surface area (Å²) in [6.07, 6.45) is -8.82. The highest BCUT2D eigenvalue weighted by Crippen LogP contribution is 2.37. The summed E-state index contributed by atoms with van der Waals surface area (Å²) in [6.45, 7) is -1.19. The van der Waals surface area contributed by atoms with Crippen molar-refractivity contribution in [3.05, 3.63) is 47.5 Å². The zero-order chi connectivity index (χ0) is 27.8. The van der Waals surface area contributed by atoms with E-state index < -0.39 is 56.1 Å². The summed E-state index contributed by atoms with van der Waals surface area (Å²) >= 11 is 0. The number of hydrogen-bond donors (Lipinski definition) is 7. The van der Waals surface area contributed by atoms with E-state index in [0.29, 0.717) is 24.2 Å². The van der Waals surface area contributed by atoms with Gasteiger partial charge in [0.25, 0.3) is 0 Å². The lowest BCUT2D eigenvalue weighted by molar-refractivity contribution is -0.318. The van der Waals surface area contributed by atoms with Crippen molar-refractivity contribution in [3.8, 4) is 23.0 Å². The molecule has 7 atom stereocenters. The average molecular weight is 541 g/mol. The number of aromatic hydroxyl groups is 1. The second-order valence-electron chi connectivity index (χ2n) is 8.84. The fourth-order valence-electron chi connectivity index (χ4n) is 4.18. The molecule has 0 radical (unpaired) electrons. The summed E-state index contributed by atoms with van der Waals surface area (Å²) in [5, 5.41) is 69.9. The number of phenols is 1. The first kappa shape index (κ1) is 29.9. The minimum atomic E-state index is -1.70. The van der Waals surface area contributed by atoms with Crippen LogP contribution in [0.4, 0.5) is 0 Å². The lowest BCUT2D eigenvalue weighted by Crippen LogP contribution is -2.59. The minimum Gasteiger partial charge on any atom is -0.504 e. The van der Waals surface area contributed by atoms with E-state index in [0.717, 1.165) is 5.56 Å². The maximum atomic E-state index is 10.5. The molecule has 2 aromatic carbocycles. The molecule has 1 fully saturated rings. The summed E-state index contributed by atoms with van der Waals surface area (Å²) in [5.41, 5.74) is 1.26. The van der Waals surface area contributed by atoms with E-state index in [1.54, 1.807) is 18.2 Å². The van der Waals surface area contributed by atoms with Crippen molar-refractivity contribution in [1.29, 1.82) is 0 Å². The summed E-state index contributed by atoms with van der Waals surface area (Å²) < 4.78 is 28.3. The van der Waals surface area contributed by atoms with E-state index >= 15 is 0 Å². The molecule has 3 rings (SSSR count). The quantitative estimate of drug-likeness (QED) is 0.175. The van der Waals surface area contributed by atoms with Crippen LogP contribution in [0.3, 0.4) is 0 Å². The van der Waals surface area contributed by atoms with Crippen molar-refractivity contribution in [1.82, 2.24) is 0 Å². The van der Waals surface area contributed by atoms with Crippen molar-refractivity contribution in [2.45, 2.75) is 55.8 Å². The van der Waals surface area contributed by atoms with Crippen molar-refractivity contribution in [2.24, 2.45) is 0 Å². The molecule has 12 nitrogen and oxygen atoms in total. The second kappa shape index (κ2) is 13.9. The predicted molar refractivity (Wildman–Crippen MR) is 132 cm³/mol. The highest BCUT2D eigenvalue weighted by molar-refractivity contribution is 5.44. The Morgan fingerprint density at radius 1 is 0.868 bits per heavy atom. The Morgan fingerprint density at radius 3 is 2.24 bits per heavy atom. The summed E-state index contributed by atoms with van der Waals surface area (Å²) in [5.74, 6) is 0.595. The van der Waals surface area contributed by atoms with Gasteiger partial charge in [0.15, 0.2) is 35.4 Å². The topological polar surface area (TPSA) is 188 Å². The normalized spacial score (nSPS) is 25.0. The first-order valence-electron chi connectivity index (χ1n) is 12.2. The van der Waals surface area contributed by atoms with Crippen LogP contribution in [0.5, 0.6) is 23.0 Å². The maximum Gasteiger partial charge on any atom is 0.187 e. The third-order valence-electron chi connectivity index (χ3n) is 6.31. The average Bonchev–Trinajstić information content (AvgIpc) is 2.94. The van der Waals surface area contributed by atoms with Crippen molar-refractivity contribution in [2.75, 3.05) is 34.0 Å². The highest BCUT2D eigenvalue weighted by Gasteiger charge is 2.46. The number of benzene rings is 2. The smallest absolute Gasteiger partial charge is 0.187 e. The number of hydrogen-bond acceptors (Lipinski definition) is 12. The monoisotopic (exact) mass is 540 g/mol. The lowest BCUT2D eigenvalue weighted by atomic mass is 9.98. The molecule has 0 amide bonds. The summed E-state index contributed by atoms with van der Waals surface area (Å²) in [6, 6.07) is 9.48. The Hall–Kier alpha value is -2.68. The second-order valence-corrected chi connectivity index (χ2v) is 8.84. The van der Waals surface area contributed by atoms with Crippen molar-refractivity contribution < 1.29 is 59.4 Å². The standard InChI is InChI=1S/C26H36O12/c1-34-18-11-15(6-7-16(18)30)25(38-26-24(33)23(32)22(31)20(12-28)37-26)21(13-29)36-17-8-5-14(4-3-9-27)10-19(17)35-2/h5-8,10-11,20-33H,3-4,9,12-13H2,1-2H3/t20-,21-,22-,23+,24-,25+,26+/m1/s1. The van der Waals surface area contributed by atoms with Crippen LogP contribution in [0, 0.1) is 0 Å². The van der Waals surface area contributed by atoms with Crippen molar-refractivity contribution >= 4 is 0 Å². The van der Waals surface area contributed by atoms with E-state index in [-0.39, 0.29) is 23.9 Å². The Morgan fingerprint density at radius 2 is 1.61 bits per heavy atom. The number of methoxy groups -OCH3 is 2. The SMILES string of the molecule is COc1cc([C@H](O[C@@H]2O[C@H](CO)[C@@H](O)[C@H](O)[C@H]2O)[C@@H](CO)Oc2ccc(CCCO)cc2OC)ccc1O. The molecule has 0 unspecified atom stereocenters. The van der Waals surface area contributed by atoms with E-state index in [9.17, 15) is 30.6 Å². The Balaban J connectivity index is 1.96. The molecular weight excluding hydrogens is 504 g/mol. The molecule has 1 heterocycles. The largest absolute Gasteiger partial charge is 0.504 e. The van der Waals surface area contributed by atoms with Gasteiger partial charge >= 0.3 is 0 Å². The van der Waals surface area contributed by atoms with Crippen molar-refractivity contribution in [3.63, 3.8) is 0 Å². The van der Waals surface area contributed by atoms with Gasteiger partial charge in [0.05, 0.1) is 27.4 Å². The first-order valence-corrected chi connectivity index (χ1v) is 12.2. The molecule has 12 heteroatoms. The molecule has 38 heavy (non-hydrogen) atoms. The van der Waals surface area contributed by atoms with Gasteiger partial charge in [-0.05, 0) is 48.2 Å². The molecule has 1 saturated heterocycles. The zero-order valence-corrected chi connectivity index (χ0v) is 21.2. The molecule has 0 bridgehead atoms. The molecule has 0 spiro atoms. The van der Waals surface area contributed by atoms with Gasteiger partial charge in [-0.3, -0.25) is 0 Å². The van der Waals surface area contributed by atoms with Crippen LogP contribution in [0.25, 0.3) is 0 Å². The number of rotatable bonds is 13. The molecule has 7 N–H and O–H groups in total. The number of aryl methyl sites for hydroxylation is 1. The minimum absolute atomic E-state index is 0.0419. The molecule has 1 aliphatic heterocycles. The third kappa shape index (κ3) is 6.84. The zero-order valence-electron chi connectivity index (χ0n) is 21.2. The number of ether oxygens (including phenoxy) is 5. The van der Waals surface area contributed by atoms with E-state index in [1.165, 1.54) is 32.4 Å². The highest BCUT2D eigenvalue weighted by atomic mass is 16.7. The molecule has 0 aromatic heterocycles. The fraction of sp³-hybridized carbons (Fsp3) is 0.538. The Labute approximate surface area is 220 Å². The van der Waals surface area contributed by atoms with Gasteiger partial charge in [-0.25, -0.2) is 0 Å². The van der Waals surface area contributed by atoms with E-state index in [1.807, 2.05) is 0 Å².